The second-order valence-corrected chi connectivity index (χ2v) is 7.99. The number of amides is 1. The van der Waals surface area contributed by atoms with E-state index in [1.54, 1.807) is 60.7 Å². The van der Waals surface area contributed by atoms with E-state index < -0.39 is 29.5 Å². The van der Waals surface area contributed by atoms with E-state index >= 15 is 0 Å². The summed E-state index contributed by atoms with van der Waals surface area (Å²) in [7, 11) is 0. The highest BCUT2D eigenvalue weighted by Gasteiger charge is 2.50. The molecule has 2 aliphatic heterocycles. The van der Waals surface area contributed by atoms with Crippen LogP contribution in [0.1, 0.15) is 23.1 Å². The number of nitrogens with zero attached hydrogens (tertiary/aromatic N) is 1. The maximum atomic E-state index is 13.6. The number of fused-ring (bicyclic) bond motifs is 2. The Hall–Kier alpha value is -3.97. The minimum Gasteiger partial charge on any atom is -0.454 e. The topological polar surface area (TPSA) is 76.1 Å². The summed E-state index contributed by atoms with van der Waals surface area (Å²) in [6.07, 6.45) is 2.52. The highest BCUT2D eigenvalue weighted by atomic mass is 19.1. The predicted molar refractivity (Wildman–Crippen MR) is 119 cm³/mol. The normalized spacial score (nSPS) is 18.7. The van der Waals surface area contributed by atoms with Crippen LogP contribution in [-0.4, -0.2) is 23.6 Å². The second-order valence-electron chi connectivity index (χ2n) is 7.99. The van der Waals surface area contributed by atoms with E-state index in [0.29, 0.717) is 28.3 Å². The number of carbonyl (C=O) groups excluding carboxylic acids is 2. The Morgan fingerprint density at radius 1 is 1.06 bits per heavy atom. The Kier molecular flexibility index (Phi) is 5.18. The van der Waals surface area contributed by atoms with Crippen LogP contribution in [0, 0.1) is 5.82 Å². The van der Waals surface area contributed by atoms with Crippen LogP contribution in [0.4, 0.5) is 10.1 Å². The maximum absolute atomic E-state index is 13.6. The molecule has 3 aromatic rings. The summed E-state index contributed by atoms with van der Waals surface area (Å²) >= 11 is 0. The van der Waals surface area contributed by atoms with Crippen LogP contribution < -0.4 is 14.4 Å². The summed E-state index contributed by atoms with van der Waals surface area (Å²) in [5.41, 5.74) is 0.167. The third-order valence-corrected chi connectivity index (χ3v) is 5.76. The van der Waals surface area contributed by atoms with E-state index in [4.69, 9.17) is 9.47 Å². The molecule has 1 unspecified atom stereocenters. The van der Waals surface area contributed by atoms with Crippen LogP contribution >= 0.6 is 0 Å². The zero-order chi connectivity index (χ0) is 23.0. The van der Waals surface area contributed by atoms with Crippen molar-refractivity contribution >= 4 is 23.5 Å². The molecule has 0 aliphatic carbocycles. The van der Waals surface area contributed by atoms with E-state index in [1.807, 2.05) is 0 Å². The minimum absolute atomic E-state index is 0.0805. The third-order valence-electron chi connectivity index (χ3n) is 5.76. The second kappa shape index (κ2) is 8.18. The van der Waals surface area contributed by atoms with Gasteiger partial charge in [0.15, 0.2) is 22.9 Å². The van der Waals surface area contributed by atoms with Crippen molar-refractivity contribution in [3.8, 4) is 11.5 Å². The molecule has 5 rings (SSSR count). The number of hydrogen-bond acceptors (Lipinski definition) is 5. The highest BCUT2D eigenvalue weighted by Crippen LogP contribution is 2.43. The Bertz CT molecular complexity index is 1290. The lowest BCUT2D eigenvalue weighted by Gasteiger charge is -2.22. The average Bonchev–Trinajstić information content (AvgIpc) is 3.35. The summed E-state index contributed by atoms with van der Waals surface area (Å²) in [4.78, 5) is 27.4. The molecule has 33 heavy (non-hydrogen) atoms. The number of rotatable bonds is 6. The van der Waals surface area contributed by atoms with Gasteiger partial charge in [0.2, 0.25) is 6.79 Å². The van der Waals surface area contributed by atoms with Crippen LogP contribution in [0.25, 0.3) is 6.08 Å². The van der Waals surface area contributed by atoms with Gasteiger partial charge in [0.05, 0.1) is 18.7 Å². The van der Waals surface area contributed by atoms with Crippen molar-refractivity contribution < 1.29 is 28.6 Å². The number of hydrogen-bond donors (Lipinski definition) is 1. The first kappa shape index (κ1) is 20.9. The first-order valence-corrected chi connectivity index (χ1v) is 10.4. The van der Waals surface area contributed by atoms with Gasteiger partial charge in [-0.3, -0.25) is 9.59 Å². The monoisotopic (exact) mass is 445 g/mol. The van der Waals surface area contributed by atoms with Gasteiger partial charge < -0.3 is 19.5 Å². The lowest BCUT2D eigenvalue weighted by Crippen LogP contribution is -2.41. The Morgan fingerprint density at radius 2 is 1.88 bits per heavy atom. The van der Waals surface area contributed by atoms with E-state index in [-0.39, 0.29) is 13.3 Å². The van der Waals surface area contributed by atoms with Crippen LogP contribution in [0.15, 0.2) is 72.8 Å². The van der Waals surface area contributed by atoms with Crippen molar-refractivity contribution in [3.63, 3.8) is 0 Å². The summed E-state index contributed by atoms with van der Waals surface area (Å²) in [6.45, 7) is 0.235. The van der Waals surface area contributed by atoms with Gasteiger partial charge in [0, 0.05) is 5.56 Å². The summed E-state index contributed by atoms with van der Waals surface area (Å²) in [5, 5.41) is 11.4. The van der Waals surface area contributed by atoms with Crippen molar-refractivity contribution in [2.24, 2.45) is 0 Å². The van der Waals surface area contributed by atoms with E-state index in [9.17, 15) is 19.1 Å². The molecule has 7 heteroatoms. The number of allylic oxidation sites excluding steroid dienone is 1. The quantitative estimate of drug-likeness (QED) is 0.582. The van der Waals surface area contributed by atoms with Gasteiger partial charge in [-0.1, -0.05) is 42.5 Å². The Morgan fingerprint density at radius 3 is 2.73 bits per heavy atom. The van der Waals surface area contributed by atoms with E-state index in [2.05, 4.69) is 0 Å². The molecule has 3 aromatic carbocycles. The smallest absolute Gasteiger partial charge is 0.264 e. The van der Waals surface area contributed by atoms with Crippen molar-refractivity contribution in [2.75, 3.05) is 11.7 Å². The van der Waals surface area contributed by atoms with Gasteiger partial charge in [-0.25, -0.2) is 4.39 Å². The number of halogens is 1. The largest absolute Gasteiger partial charge is 0.454 e. The van der Waals surface area contributed by atoms with Crippen molar-refractivity contribution in [3.05, 3.63) is 95.3 Å². The summed E-state index contributed by atoms with van der Waals surface area (Å²) in [5.74, 6) is -0.203. The molecule has 0 saturated carbocycles. The maximum Gasteiger partial charge on any atom is 0.264 e. The highest BCUT2D eigenvalue weighted by molar-refractivity contribution is 6.10. The molecule has 1 N–H and O–H groups in total. The van der Waals surface area contributed by atoms with Gasteiger partial charge in [-0.15, -0.1) is 0 Å². The standard InChI is InChI=1S/C26H20FNO5/c27-19-5-3-4-18(12-19)15-28-22-7-2-1-6-21(22)26(31,25(28)30)14-20(29)10-8-17-9-11-23-24(13-17)33-16-32-23/h1-13,31H,14-16H2/b10-8+. The molecule has 0 radical (unpaired) electrons. The van der Waals surface area contributed by atoms with Crippen molar-refractivity contribution in [1.29, 1.82) is 0 Å². The first-order valence-electron chi connectivity index (χ1n) is 10.4. The SMILES string of the molecule is O=C(/C=C/c1ccc2c(c1)OCO2)CC1(O)C(=O)N(Cc2cccc(F)c2)c2ccccc21. The van der Waals surface area contributed by atoms with Crippen LogP contribution in [0.2, 0.25) is 0 Å². The molecular formula is C26H20FNO5. The molecular weight excluding hydrogens is 425 g/mol. The molecule has 1 amide bonds. The average molecular weight is 445 g/mol. The first-order chi connectivity index (χ1) is 15.9. The molecule has 2 heterocycles. The van der Waals surface area contributed by atoms with Gasteiger partial charge in [0.25, 0.3) is 5.91 Å². The van der Waals surface area contributed by atoms with Crippen LogP contribution in [0.3, 0.4) is 0 Å². The number of para-hydroxylation sites is 1. The lowest BCUT2D eigenvalue weighted by atomic mass is 9.89. The van der Waals surface area contributed by atoms with E-state index in [1.165, 1.54) is 23.1 Å². The fourth-order valence-electron chi connectivity index (χ4n) is 4.17. The molecule has 166 valence electrons. The number of ether oxygens (including phenoxy) is 2. The molecule has 0 spiro atoms. The number of aliphatic hydroxyl groups is 1. The van der Waals surface area contributed by atoms with Gasteiger partial charge >= 0.3 is 0 Å². The Labute approximate surface area is 189 Å². The van der Waals surface area contributed by atoms with Gasteiger partial charge in [0.1, 0.15) is 5.82 Å². The summed E-state index contributed by atoms with van der Waals surface area (Å²) in [6, 6.07) is 18.0. The number of benzene rings is 3. The zero-order valence-corrected chi connectivity index (χ0v) is 17.5. The zero-order valence-electron chi connectivity index (χ0n) is 17.5. The van der Waals surface area contributed by atoms with Crippen molar-refractivity contribution in [1.82, 2.24) is 0 Å². The van der Waals surface area contributed by atoms with Gasteiger partial charge in [-0.05, 0) is 47.5 Å². The van der Waals surface area contributed by atoms with Crippen molar-refractivity contribution in [2.45, 2.75) is 18.6 Å². The fraction of sp³-hybridized carbons (Fsp3) is 0.154. The van der Waals surface area contributed by atoms with Gasteiger partial charge in [-0.2, -0.15) is 0 Å². The molecule has 1 atom stereocenters. The minimum atomic E-state index is -2.00. The molecule has 6 nitrogen and oxygen atoms in total. The summed E-state index contributed by atoms with van der Waals surface area (Å²) < 4.78 is 24.2. The molecule has 0 fully saturated rings. The molecule has 2 aliphatic rings. The van der Waals surface area contributed by atoms with Crippen LogP contribution in [-0.2, 0) is 21.7 Å². The Balaban J connectivity index is 1.38. The third kappa shape index (κ3) is 3.87. The fourth-order valence-corrected chi connectivity index (χ4v) is 4.17. The lowest BCUT2D eigenvalue weighted by molar-refractivity contribution is -0.140. The molecule has 0 aromatic heterocycles. The molecule has 0 saturated heterocycles. The number of anilines is 1. The number of ketones is 1. The number of carbonyl (C=O) groups is 2. The van der Waals surface area contributed by atoms with E-state index in [0.717, 1.165) is 5.56 Å². The van der Waals surface area contributed by atoms with Crippen LogP contribution in [0.5, 0.6) is 11.5 Å². The predicted octanol–water partition coefficient (Wildman–Crippen LogP) is 3.96. The molecule has 0 bridgehead atoms.